The molecule has 0 saturated heterocycles. The Morgan fingerprint density at radius 3 is 1.40 bits per heavy atom. The third-order valence-electron chi connectivity index (χ3n) is 13.3. The maximum atomic E-state index is 2.46. The normalized spacial score (nSPS) is 11.5. The second-order valence-corrected chi connectivity index (χ2v) is 17.4. The van der Waals surface area contributed by atoms with E-state index in [0.29, 0.717) is 0 Å². The SMILES string of the molecule is Cc1cccc(N(c2cccc(C)c2)c2ccc3c(c2)c2ccccc2c2c(-c4ccccc4)cc(-c4ccc(-c5cc6ccccc6c6ccccc56)cc4)c(-c4ccccc4)c32)c1. The van der Waals surface area contributed by atoms with Crippen LogP contribution in [0.25, 0.3) is 98.4 Å². The molecule has 0 amide bonds. The van der Waals surface area contributed by atoms with Gasteiger partial charge in [0.25, 0.3) is 0 Å². The molecule has 0 N–H and O–H groups in total. The summed E-state index contributed by atoms with van der Waals surface area (Å²) in [6.45, 7) is 4.34. The van der Waals surface area contributed by atoms with Crippen LogP contribution in [0.1, 0.15) is 11.1 Å². The van der Waals surface area contributed by atoms with E-state index >= 15 is 0 Å². The Kier molecular flexibility index (Phi) is 9.35. The number of anilines is 3. The third-order valence-corrected chi connectivity index (χ3v) is 13.3. The minimum atomic E-state index is 1.12. The zero-order chi connectivity index (χ0) is 43.4. The van der Waals surface area contributed by atoms with Gasteiger partial charge in [-0.25, -0.2) is 0 Å². The van der Waals surface area contributed by atoms with Gasteiger partial charge in [0.05, 0.1) is 0 Å². The van der Waals surface area contributed by atoms with Crippen LogP contribution in [0.15, 0.2) is 237 Å². The van der Waals surface area contributed by atoms with Crippen molar-refractivity contribution in [1.82, 2.24) is 0 Å². The molecule has 1 heteroatoms. The molecule has 0 bridgehead atoms. The predicted molar refractivity (Wildman–Crippen MR) is 280 cm³/mol. The van der Waals surface area contributed by atoms with Gasteiger partial charge in [-0.15, -0.1) is 0 Å². The molecule has 12 rings (SSSR count). The smallest absolute Gasteiger partial charge is 0.0468 e. The van der Waals surface area contributed by atoms with E-state index in [1.54, 1.807) is 0 Å². The second-order valence-electron chi connectivity index (χ2n) is 17.4. The number of rotatable bonds is 7. The number of fused-ring (bicyclic) bond motifs is 9. The molecular formula is C64H45N. The van der Waals surface area contributed by atoms with Gasteiger partial charge in [-0.2, -0.15) is 0 Å². The standard InChI is InChI=1S/C64H45N/c1-42-17-15-24-49(37-42)65(50-25-16-18-43(2)38-50)51-35-36-57-61(40-51)55-29-13-14-30-56(55)63-60(44-19-5-3-6-20-44)41-59(62(64(57)63)47-21-7-4-8-22-47)46-33-31-45(32-34-46)58-39-48-23-9-10-26-52(48)53-27-11-12-28-54(53)58/h3-41H,1-2H3. The van der Waals surface area contributed by atoms with Crippen molar-refractivity contribution >= 4 is 70.9 Å². The molecule has 0 radical (unpaired) electrons. The van der Waals surface area contributed by atoms with Crippen LogP contribution in [0, 0.1) is 13.8 Å². The lowest BCUT2D eigenvalue weighted by molar-refractivity contribution is 1.26. The first-order chi connectivity index (χ1) is 32.1. The molecule has 0 aliphatic heterocycles. The lowest BCUT2D eigenvalue weighted by Gasteiger charge is -2.27. The van der Waals surface area contributed by atoms with Gasteiger partial charge in [0, 0.05) is 17.1 Å². The Balaban J connectivity index is 1.16. The third kappa shape index (κ3) is 6.64. The van der Waals surface area contributed by atoms with Crippen LogP contribution in [-0.2, 0) is 0 Å². The van der Waals surface area contributed by atoms with E-state index < -0.39 is 0 Å². The van der Waals surface area contributed by atoms with Crippen LogP contribution in [0.4, 0.5) is 17.1 Å². The van der Waals surface area contributed by atoms with Gasteiger partial charge in [0.1, 0.15) is 0 Å². The second kappa shape index (κ2) is 15.8. The predicted octanol–water partition coefficient (Wildman–Crippen LogP) is 18.2. The number of nitrogens with zero attached hydrogens (tertiary/aromatic N) is 1. The molecule has 306 valence electrons. The minimum absolute atomic E-state index is 1.12. The molecule has 0 aliphatic rings. The van der Waals surface area contributed by atoms with Gasteiger partial charge >= 0.3 is 0 Å². The zero-order valence-electron chi connectivity index (χ0n) is 36.5. The molecule has 1 nitrogen and oxygen atoms in total. The average Bonchev–Trinajstić information content (AvgIpc) is 3.36. The molecule has 12 aromatic carbocycles. The average molecular weight is 828 g/mol. The summed E-state index contributed by atoms with van der Waals surface area (Å²) in [5.41, 5.74) is 15.5. The first kappa shape index (κ1) is 38.4. The number of aryl methyl sites for hydroxylation is 2. The summed E-state index contributed by atoms with van der Waals surface area (Å²) in [5, 5.41) is 12.5. The van der Waals surface area contributed by atoms with Crippen LogP contribution >= 0.6 is 0 Å². The Hall–Kier alpha value is -8.26. The van der Waals surface area contributed by atoms with Crippen molar-refractivity contribution in [3.8, 4) is 44.5 Å². The summed E-state index contributed by atoms with van der Waals surface area (Å²) in [5.74, 6) is 0. The van der Waals surface area contributed by atoms with E-state index in [4.69, 9.17) is 0 Å². The van der Waals surface area contributed by atoms with E-state index in [1.807, 2.05) is 0 Å². The Morgan fingerprint density at radius 1 is 0.262 bits per heavy atom. The Morgan fingerprint density at radius 2 is 0.754 bits per heavy atom. The molecular weight excluding hydrogens is 783 g/mol. The highest BCUT2D eigenvalue weighted by Crippen LogP contribution is 2.50. The van der Waals surface area contributed by atoms with E-state index in [-0.39, 0.29) is 0 Å². The molecule has 0 heterocycles. The molecule has 0 aromatic heterocycles. The summed E-state index contributed by atoms with van der Waals surface area (Å²) >= 11 is 0. The van der Waals surface area contributed by atoms with Gasteiger partial charge < -0.3 is 4.90 Å². The molecule has 0 atom stereocenters. The molecule has 0 unspecified atom stereocenters. The van der Waals surface area contributed by atoms with Crippen molar-refractivity contribution in [3.05, 3.63) is 248 Å². The first-order valence-corrected chi connectivity index (χ1v) is 22.6. The molecule has 65 heavy (non-hydrogen) atoms. The van der Waals surface area contributed by atoms with Gasteiger partial charge in [-0.3, -0.25) is 0 Å². The summed E-state index contributed by atoms with van der Waals surface area (Å²) in [4.78, 5) is 2.41. The molecule has 0 spiro atoms. The van der Waals surface area contributed by atoms with Crippen molar-refractivity contribution in [2.75, 3.05) is 4.90 Å². The molecule has 0 aliphatic carbocycles. The van der Waals surface area contributed by atoms with E-state index in [2.05, 4.69) is 255 Å². The quantitative estimate of drug-likeness (QED) is 0.145. The van der Waals surface area contributed by atoms with Crippen molar-refractivity contribution in [2.24, 2.45) is 0 Å². The maximum Gasteiger partial charge on any atom is 0.0468 e. The van der Waals surface area contributed by atoms with Crippen LogP contribution in [0.5, 0.6) is 0 Å². The Labute approximate surface area is 380 Å². The van der Waals surface area contributed by atoms with Gasteiger partial charge in [-0.1, -0.05) is 188 Å². The molecule has 12 aromatic rings. The topological polar surface area (TPSA) is 3.24 Å². The van der Waals surface area contributed by atoms with E-state index in [1.165, 1.54) is 109 Å². The summed E-state index contributed by atoms with van der Waals surface area (Å²) in [6, 6.07) is 87.5. The summed E-state index contributed by atoms with van der Waals surface area (Å²) in [6.07, 6.45) is 0. The first-order valence-electron chi connectivity index (χ1n) is 22.6. The van der Waals surface area contributed by atoms with Crippen LogP contribution in [-0.4, -0.2) is 0 Å². The fraction of sp³-hybridized carbons (Fsp3) is 0.0312. The summed E-state index contributed by atoms with van der Waals surface area (Å²) in [7, 11) is 0. The van der Waals surface area contributed by atoms with Crippen molar-refractivity contribution in [1.29, 1.82) is 0 Å². The fourth-order valence-corrected chi connectivity index (χ4v) is 10.4. The highest BCUT2D eigenvalue weighted by Gasteiger charge is 2.23. The van der Waals surface area contributed by atoms with Crippen molar-refractivity contribution < 1.29 is 0 Å². The highest BCUT2D eigenvalue weighted by atomic mass is 15.1. The van der Waals surface area contributed by atoms with Crippen LogP contribution in [0.3, 0.4) is 0 Å². The largest absolute Gasteiger partial charge is 0.310 e. The van der Waals surface area contributed by atoms with E-state index in [9.17, 15) is 0 Å². The monoisotopic (exact) mass is 827 g/mol. The van der Waals surface area contributed by atoms with Gasteiger partial charge in [0.2, 0.25) is 0 Å². The number of hydrogen-bond acceptors (Lipinski definition) is 1. The van der Waals surface area contributed by atoms with Crippen molar-refractivity contribution in [3.63, 3.8) is 0 Å². The number of benzene rings is 12. The Bertz CT molecular complexity index is 3730. The maximum absolute atomic E-state index is 2.46. The molecule has 0 saturated carbocycles. The van der Waals surface area contributed by atoms with Gasteiger partial charge in [-0.05, 0) is 172 Å². The fourth-order valence-electron chi connectivity index (χ4n) is 10.4. The molecule has 0 fully saturated rings. The highest BCUT2D eigenvalue weighted by molar-refractivity contribution is 6.33. The zero-order valence-corrected chi connectivity index (χ0v) is 36.5. The lowest BCUT2D eigenvalue weighted by Crippen LogP contribution is -2.10. The van der Waals surface area contributed by atoms with Gasteiger partial charge in [0.15, 0.2) is 0 Å². The van der Waals surface area contributed by atoms with Crippen LogP contribution < -0.4 is 4.90 Å². The summed E-state index contributed by atoms with van der Waals surface area (Å²) < 4.78 is 0. The van der Waals surface area contributed by atoms with E-state index in [0.717, 1.165) is 17.1 Å². The minimum Gasteiger partial charge on any atom is -0.310 e. The lowest BCUT2D eigenvalue weighted by atomic mass is 9.81. The van der Waals surface area contributed by atoms with Crippen molar-refractivity contribution in [2.45, 2.75) is 13.8 Å². The van der Waals surface area contributed by atoms with Crippen LogP contribution in [0.2, 0.25) is 0 Å². The number of hydrogen-bond donors (Lipinski definition) is 0.